The highest BCUT2D eigenvalue weighted by atomic mass is 32.2. The molecule has 0 radical (unpaired) electrons. The number of benzene rings is 2. The number of carbonyl (C=O) groups excluding carboxylic acids is 3. The summed E-state index contributed by atoms with van der Waals surface area (Å²) in [5, 5.41) is 13.7. The predicted octanol–water partition coefficient (Wildman–Crippen LogP) is 3.72. The van der Waals surface area contributed by atoms with Crippen molar-refractivity contribution >= 4 is 51.5 Å². The molecule has 0 unspecified atom stereocenters. The van der Waals surface area contributed by atoms with Gasteiger partial charge in [-0.2, -0.15) is 0 Å². The number of anilines is 2. The van der Waals surface area contributed by atoms with E-state index in [4.69, 9.17) is 0 Å². The normalized spacial score (nSPS) is 10.3. The highest BCUT2D eigenvalue weighted by Gasteiger charge is 2.12. The third-order valence-electron chi connectivity index (χ3n) is 3.56. The van der Waals surface area contributed by atoms with Gasteiger partial charge in [0.15, 0.2) is 10.1 Å². The fourth-order valence-electron chi connectivity index (χ4n) is 2.19. The van der Waals surface area contributed by atoms with Crippen LogP contribution in [0.15, 0.2) is 58.9 Å². The molecule has 142 valence electrons. The maximum atomic E-state index is 12.1. The van der Waals surface area contributed by atoms with E-state index in [2.05, 4.69) is 20.8 Å². The molecule has 9 heteroatoms. The summed E-state index contributed by atoms with van der Waals surface area (Å²) < 4.78 is 0.574. The number of ketones is 1. The van der Waals surface area contributed by atoms with Crippen molar-refractivity contribution < 1.29 is 14.4 Å². The number of hydrogen-bond acceptors (Lipinski definition) is 7. The van der Waals surface area contributed by atoms with Crippen molar-refractivity contribution in [3.05, 3.63) is 65.7 Å². The third kappa shape index (κ3) is 5.48. The molecule has 28 heavy (non-hydrogen) atoms. The number of amides is 2. The van der Waals surface area contributed by atoms with Crippen LogP contribution in [0.25, 0.3) is 0 Å². The lowest BCUT2D eigenvalue weighted by atomic mass is 10.1. The Kier molecular flexibility index (Phi) is 6.51. The lowest BCUT2D eigenvalue weighted by Gasteiger charge is -2.04. The summed E-state index contributed by atoms with van der Waals surface area (Å²) in [5.74, 6) is -0.346. The Hall–Kier alpha value is -3.04. The lowest BCUT2D eigenvalue weighted by Crippen LogP contribution is -2.14. The SMILES string of the molecule is CC(=O)c1ccc(NC(=O)CSc2nnc(NC(=O)c3ccccc3)s2)cc1. The second-order valence-electron chi connectivity index (χ2n) is 5.66. The van der Waals surface area contributed by atoms with E-state index in [0.29, 0.717) is 26.3 Å². The number of carbonyl (C=O) groups is 3. The summed E-state index contributed by atoms with van der Waals surface area (Å²) in [4.78, 5) is 35.4. The Balaban J connectivity index is 1.49. The van der Waals surface area contributed by atoms with Gasteiger partial charge >= 0.3 is 0 Å². The Morgan fingerprint density at radius 3 is 2.32 bits per heavy atom. The van der Waals surface area contributed by atoms with Gasteiger partial charge in [-0.05, 0) is 43.3 Å². The van der Waals surface area contributed by atoms with Crippen LogP contribution < -0.4 is 10.6 Å². The molecule has 1 heterocycles. The van der Waals surface area contributed by atoms with Crippen molar-refractivity contribution in [2.75, 3.05) is 16.4 Å². The Labute approximate surface area is 169 Å². The molecule has 3 aromatic rings. The second kappa shape index (κ2) is 9.25. The molecule has 0 saturated heterocycles. The van der Waals surface area contributed by atoms with Gasteiger partial charge in [0.1, 0.15) is 0 Å². The van der Waals surface area contributed by atoms with Gasteiger partial charge in [-0.3, -0.25) is 19.7 Å². The summed E-state index contributed by atoms with van der Waals surface area (Å²) >= 11 is 2.43. The number of nitrogens with zero attached hydrogens (tertiary/aromatic N) is 2. The smallest absolute Gasteiger partial charge is 0.257 e. The van der Waals surface area contributed by atoms with E-state index < -0.39 is 0 Å². The van der Waals surface area contributed by atoms with Crippen molar-refractivity contribution in [1.29, 1.82) is 0 Å². The van der Waals surface area contributed by atoms with Crippen molar-refractivity contribution in [2.24, 2.45) is 0 Å². The van der Waals surface area contributed by atoms with Crippen molar-refractivity contribution in [3.63, 3.8) is 0 Å². The van der Waals surface area contributed by atoms with Gasteiger partial charge in [-0.15, -0.1) is 10.2 Å². The Morgan fingerprint density at radius 1 is 0.929 bits per heavy atom. The zero-order valence-electron chi connectivity index (χ0n) is 14.8. The third-order valence-corrected chi connectivity index (χ3v) is 5.54. The van der Waals surface area contributed by atoms with E-state index in [1.54, 1.807) is 48.5 Å². The first-order chi connectivity index (χ1) is 13.5. The summed E-state index contributed by atoms with van der Waals surface area (Å²) in [6.07, 6.45) is 0. The fraction of sp³-hybridized carbons (Fsp3) is 0.105. The number of Topliss-reactive ketones (excluding diaryl/α,β-unsaturated/α-hetero) is 1. The van der Waals surface area contributed by atoms with E-state index in [1.807, 2.05) is 6.07 Å². The summed E-state index contributed by atoms with van der Waals surface area (Å²) in [6.45, 7) is 1.49. The molecule has 1 aromatic heterocycles. The van der Waals surface area contributed by atoms with Crippen LogP contribution in [0.3, 0.4) is 0 Å². The molecule has 2 N–H and O–H groups in total. The minimum absolute atomic E-state index is 0.0279. The van der Waals surface area contributed by atoms with Crippen molar-refractivity contribution in [3.8, 4) is 0 Å². The van der Waals surface area contributed by atoms with Crippen LogP contribution >= 0.6 is 23.1 Å². The molecule has 2 amide bonds. The number of aromatic nitrogens is 2. The van der Waals surface area contributed by atoms with Crippen LogP contribution in [-0.2, 0) is 4.79 Å². The first-order valence-corrected chi connectivity index (χ1v) is 10.0. The van der Waals surface area contributed by atoms with Gasteiger partial charge in [0.2, 0.25) is 11.0 Å². The van der Waals surface area contributed by atoms with Crippen LogP contribution in [0, 0.1) is 0 Å². The van der Waals surface area contributed by atoms with E-state index in [-0.39, 0.29) is 23.4 Å². The highest BCUT2D eigenvalue weighted by Crippen LogP contribution is 2.26. The van der Waals surface area contributed by atoms with Gasteiger partial charge in [-0.1, -0.05) is 41.3 Å². The average molecular weight is 412 g/mol. The van der Waals surface area contributed by atoms with Crippen molar-refractivity contribution in [2.45, 2.75) is 11.3 Å². The zero-order chi connectivity index (χ0) is 19.9. The minimum Gasteiger partial charge on any atom is -0.325 e. The summed E-state index contributed by atoms with van der Waals surface area (Å²) in [7, 11) is 0. The molecule has 0 saturated carbocycles. The van der Waals surface area contributed by atoms with E-state index in [9.17, 15) is 14.4 Å². The number of hydrogen-bond donors (Lipinski definition) is 2. The Bertz CT molecular complexity index is 988. The van der Waals surface area contributed by atoms with Crippen LogP contribution in [0.2, 0.25) is 0 Å². The number of rotatable bonds is 7. The maximum Gasteiger partial charge on any atom is 0.257 e. The quantitative estimate of drug-likeness (QED) is 0.348. The van der Waals surface area contributed by atoms with E-state index in [0.717, 1.165) is 0 Å². The molecule has 0 bridgehead atoms. The predicted molar refractivity (Wildman–Crippen MR) is 110 cm³/mol. The minimum atomic E-state index is -0.264. The largest absolute Gasteiger partial charge is 0.325 e. The molecular formula is C19H16N4O3S2. The van der Waals surface area contributed by atoms with Gasteiger partial charge in [-0.25, -0.2) is 0 Å². The van der Waals surface area contributed by atoms with E-state index >= 15 is 0 Å². The average Bonchev–Trinajstić information content (AvgIpc) is 3.15. The standard InChI is InChI=1S/C19H16N4O3S2/c1-12(24)13-7-9-15(10-8-13)20-16(25)11-27-19-23-22-18(28-19)21-17(26)14-5-3-2-4-6-14/h2-10H,11H2,1H3,(H,20,25)(H,21,22,26). The van der Waals surface area contributed by atoms with Gasteiger partial charge in [0.05, 0.1) is 5.75 Å². The van der Waals surface area contributed by atoms with Gasteiger partial charge < -0.3 is 5.32 Å². The van der Waals surface area contributed by atoms with Gasteiger partial charge in [0, 0.05) is 16.8 Å². The maximum absolute atomic E-state index is 12.1. The number of nitrogens with one attached hydrogen (secondary N) is 2. The van der Waals surface area contributed by atoms with Crippen LogP contribution in [-0.4, -0.2) is 33.5 Å². The molecule has 0 spiro atoms. The highest BCUT2D eigenvalue weighted by molar-refractivity contribution is 8.01. The first kappa shape index (κ1) is 19.7. The summed E-state index contributed by atoms with van der Waals surface area (Å²) in [6, 6.07) is 15.5. The van der Waals surface area contributed by atoms with Crippen LogP contribution in [0.4, 0.5) is 10.8 Å². The molecule has 0 aliphatic carbocycles. The van der Waals surface area contributed by atoms with Crippen molar-refractivity contribution in [1.82, 2.24) is 10.2 Å². The summed E-state index contributed by atoms with van der Waals surface area (Å²) in [5.41, 5.74) is 1.73. The molecular weight excluding hydrogens is 396 g/mol. The molecule has 0 fully saturated rings. The first-order valence-electron chi connectivity index (χ1n) is 8.25. The number of thioether (sulfide) groups is 1. The fourth-order valence-corrected chi connectivity index (χ4v) is 3.74. The molecule has 0 aliphatic rings. The molecule has 3 rings (SSSR count). The van der Waals surface area contributed by atoms with Crippen LogP contribution in [0.5, 0.6) is 0 Å². The monoisotopic (exact) mass is 412 g/mol. The van der Waals surface area contributed by atoms with E-state index in [1.165, 1.54) is 30.0 Å². The molecule has 7 nitrogen and oxygen atoms in total. The lowest BCUT2D eigenvalue weighted by molar-refractivity contribution is -0.113. The zero-order valence-corrected chi connectivity index (χ0v) is 16.5. The second-order valence-corrected chi connectivity index (χ2v) is 7.86. The Morgan fingerprint density at radius 2 is 1.64 bits per heavy atom. The molecule has 0 atom stereocenters. The molecule has 2 aromatic carbocycles. The topological polar surface area (TPSA) is 101 Å². The van der Waals surface area contributed by atoms with Crippen LogP contribution in [0.1, 0.15) is 27.6 Å². The molecule has 0 aliphatic heterocycles. The van der Waals surface area contributed by atoms with Gasteiger partial charge in [0.25, 0.3) is 5.91 Å².